The Labute approximate surface area is 96.2 Å². The Hall–Kier alpha value is -0.890. The first-order chi connectivity index (χ1) is 7.74. The van der Waals surface area contributed by atoms with E-state index >= 15 is 0 Å². The third-order valence-corrected chi connectivity index (χ3v) is 2.41. The number of carbonyl (C=O) groups excluding carboxylic acids is 1. The van der Waals surface area contributed by atoms with Crippen LogP contribution in [0, 0.1) is 11.8 Å². The van der Waals surface area contributed by atoms with Gasteiger partial charge in [0.15, 0.2) is 6.29 Å². The van der Waals surface area contributed by atoms with E-state index in [4.69, 9.17) is 14.2 Å². The summed E-state index contributed by atoms with van der Waals surface area (Å²) in [6, 6.07) is 0. The number of ketones is 1. The first-order valence-corrected chi connectivity index (χ1v) is 5.52. The van der Waals surface area contributed by atoms with E-state index in [-0.39, 0.29) is 18.7 Å². The maximum atomic E-state index is 11.2. The molecule has 0 bridgehead atoms. The van der Waals surface area contributed by atoms with Crippen molar-refractivity contribution in [1.82, 2.24) is 0 Å². The van der Waals surface area contributed by atoms with Gasteiger partial charge in [-0.1, -0.05) is 5.92 Å². The van der Waals surface area contributed by atoms with Crippen molar-refractivity contribution in [2.75, 3.05) is 20.3 Å². The molecule has 0 aromatic rings. The van der Waals surface area contributed by atoms with Gasteiger partial charge >= 0.3 is 0 Å². The highest BCUT2D eigenvalue weighted by Crippen LogP contribution is 2.12. The molecule has 1 aliphatic rings. The van der Waals surface area contributed by atoms with Gasteiger partial charge in [-0.15, -0.1) is 0 Å². The molecule has 4 heteroatoms. The Bertz CT molecular complexity index is 270. The molecule has 16 heavy (non-hydrogen) atoms. The van der Waals surface area contributed by atoms with Crippen LogP contribution in [-0.4, -0.2) is 38.5 Å². The van der Waals surface area contributed by atoms with Gasteiger partial charge in [-0.2, -0.15) is 0 Å². The van der Waals surface area contributed by atoms with Gasteiger partial charge in [-0.25, -0.2) is 0 Å². The number of ether oxygens (including phenoxy) is 3. The van der Waals surface area contributed by atoms with E-state index in [0.29, 0.717) is 0 Å². The number of methoxy groups -OCH3 is 1. The van der Waals surface area contributed by atoms with Crippen LogP contribution in [-0.2, 0) is 19.0 Å². The molecule has 0 aliphatic carbocycles. The summed E-state index contributed by atoms with van der Waals surface area (Å²) in [5, 5.41) is 0. The molecule has 1 fully saturated rings. The number of hydrogen-bond donors (Lipinski definition) is 0. The topological polar surface area (TPSA) is 44.8 Å². The highest BCUT2D eigenvalue weighted by Gasteiger charge is 2.13. The lowest BCUT2D eigenvalue weighted by molar-refractivity contribution is -0.154. The van der Waals surface area contributed by atoms with Gasteiger partial charge in [0.2, 0.25) is 5.78 Å². The summed E-state index contributed by atoms with van der Waals surface area (Å²) >= 11 is 0. The predicted molar refractivity (Wildman–Crippen MR) is 58.8 cm³/mol. The quantitative estimate of drug-likeness (QED) is 0.532. The fourth-order valence-electron chi connectivity index (χ4n) is 1.31. The molecule has 2 unspecified atom stereocenters. The van der Waals surface area contributed by atoms with Gasteiger partial charge in [0.25, 0.3) is 0 Å². The lowest BCUT2D eigenvalue weighted by Crippen LogP contribution is -2.22. The lowest BCUT2D eigenvalue weighted by atomic mass is 10.2. The molecule has 1 aliphatic heterocycles. The Kier molecular flexibility index (Phi) is 6.09. The fraction of sp³-hybridized carbons (Fsp3) is 0.750. The van der Waals surface area contributed by atoms with Crippen LogP contribution >= 0.6 is 0 Å². The molecule has 1 rings (SSSR count). The van der Waals surface area contributed by atoms with Crippen LogP contribution in [0.3, 0.4) is 0 Å². The summed E-state index contributed by atoms with van der Waals surface area (Å²) in [7, 11) is 1.48. The summed E-state index contributed by atoms with van der Waals surface area (Å²) in [6.45, 7) is 2.65. The molecule has 0 spiro atoms. The Balaban J connectivity index is 2.18. The van der Waals surface area contributed by atoms with Gasteiger partial charge in [-0.3, -0.25) is 4.79 Å². The first-order valence-electron chi connectivity index (χ1n) is 5.52. The molecular formula is C12H18O4. The summed E-state index contributed by atoms with van der Waals surface area (Å²) in [5.74, 6) is 4.92. The van der Waals surface area contributed by atoms with Crippen LogP contribution < -0.4 is 0 Å². The lowest BCUT2D eigenvalue weighted by Gasteiger charge is -2.21. The fourth-order valence-corrected chi connectivity index (χ4v) is 1.31. The Morgan fingerprint density at radius 3 is 3.00 bits per heavy atom. The van der Waals surface area contributed by atoms with Crippen molar-refractivity contribution < 1.29 is 19.0 Å². The first kappa shape index (κ1) is 13.2. The third kappa shape index (κ3) is 4.75. The molecule has 1 heterocycles. The van der Waals surface area contributed by atoms with E-state index in [9.17, 15) is 4.79 Å². The molecule has 0 saturated carbocycles. The van der Waals surface area contributed by atoms with Crippen LogP contribution in [0.5, 0.6) is 0 Å². The minimum Gasteiger partial charge on any atom is -0.373 e. The van der Waals surface area contributed by atoms with Crippen LogP contribution in [0.4, 0.5) is 0 Å². The maximum absolute atomic E-state index is 11.2. The summed E-state index contributed by atoms with van der Waals surface area (Å²) in [6.07, 6.45) is 2.49. The van der Waals surface area contributed by atoms with E-state index in [2.05, 4.69) is 11.8 Å². The van der Waals surface area contributed by atoms with E-state index in [1.165, 1.54) is 7.11 Å². The molecule has 0 aromatic heterocycles. The highest BCUT2D eigenvalue weighted by atomic mass is 16.7. The molecule has 4 nitrogen and oxygen atoms in total. The van der Waals surface area contributed by atoms with Crippen molar-refractivity contribution in [1.29, 1.82) is 0 Å². The standard InChI is InChI=1S/C12H18O4/c1-10(14-2)11(13)6-5-9-16-12-7-3-4-8-15-12/h10,12H,3-4,7-9H2,1-2H3. The van der Waals surface area contributed by atoms with Gasteiger partial charge < -0.3 is 14.2 Å². The largest absolute Gasteiger partial charge is 0.373 e. The second kappa shape index (κ2) is 7.39. The van der Waals surface area contributed by atoms with E-state index in [1.807, 2.05) is 0 Å². The Morgan fingerprint density at radius 1 is 1.56 bits per heavy atom. The predicted octanol–water partition coefficient (Wildman–Crippen LogP) is 1.14. The molecule has 0 radical (unpaired) electrons. The zero-order valence-electron chi connectivity index (χ0n) is 9.82. The monoisotopic (exact) mass is 226 g/mol. The van der Waals surface area contributed by atoms with Crippen molar-refractivity contribution in [2.45, 2.75) is 38.6 Å². The normalized spacial score (nSPS) is 22.0. The van der Waals surface area contributed by atoms with Crippen LogP contribution in [0.2, 0.25) is 0 Å². The molecular weight excluding hydrogens is 208 g/mol. The second-order valence-electron chi connectivity index (χ2n) is 3.65. The van der Waals surface area contributed by atoms with Crippen molar-refractivity contribution >= 4 is 5.78 Å². The van der Waals surface area contributed by atoms with E-state index in [1.54, 1.807) is 6.92 Å². The van der Waals surface area contributed by atoms with E-state index < -0.39 is 6.10 Å². The van der Waals surface area contributed by atoms with Crippen LogP contribution in [0.15, 0.2) is 0 Å². The molecule has 90 valence electrons. The third-order valence-electron chi connectivity index (χ3n) is 2.41. The summed E-state index contributed by atoms with van der Waals surface area (Å²) < 4.78 is 15.6. The van der Waals surface area contributed by atoms with Gasteiger partial charge in [0.1, 0.15) is 12.7 Å². The molecule has 0 amide bonds. The van der Waals surface area contributed by atoms with Gasteiger partial charge in [-0.05, 0) is 32.1 Å². The molecule has 0 aromatic carbocycles. The highest BCUT2D eigenvalue weighted by molar-refractivity contribution is 5.98. The minimum absolute atomic E-state index is 0.155. The van der Waals surface area contributed by atoms with Crippen molar-refractivity contribution in [2.24, 2.45) is 0 Å². The van der Waals surface area contributed by atoms with Crippen LogP contribution in [0.25, 0.3) is 0 Å². The summed E-state index contributed by atoms with van der Waals surface area (Å²) in [4.78, 5) is 11.2. The van der Waals surface area contributed by atoms with E-state index in [0.717, 1.165) is 25.9 Å². The Morgan fingerprint density at radius 2 is 2.38 bits per heavy atom. The SMILES string of the molecule is COC(C)C(=O)C#CCOC1CCCCO1. The minimum atomic E-state index is -0.474. The number of carbonyl (C=O) groups is 1. The maximum Gasteiger partial charge on any atom is 0.233 e. The number of hydrogen-bond acceptors (Lipinski definition) is 4. The van der Waals surface area contributed by atoms with Crippen molar-refractivity contribution in [3.63, 3.8) is 0 Å². The van der Waals surface area contributed by atoms with Gasteiger partial charge in [0, 0.05) is 13.7 Å². The summed E-state index contributed by atoms with van der Waals surface area (Å²) in [5.41, 5.74) is 0. The second-order valence-corrected chi connectivity index (χ2v) is 3.65. The number of Topliss-reactive ketones (excluding diaryl/α,β-unsaturated/α-hetero) is 1. The molecule has 0 N–H and O–H groups in total. The van der Waals surface area contributed by atoms with Gasteiger partial charge in [0.05, 0.1) is 0 Å². The molecule has 2 atom stereocenters. The molecule has 1 saturated heterocycles. The smallest absolute Gasteiger partial charge is 0.233 e. The number of rotatable bonds is 4. The average molecular weight is 226 g/mol. The zero-order chi connectivity index (χ0) is 11.8. The zero-order valence-corrected chi connectivity index (χ0v) is 9.82. The average Bonchev–Trinajstić information content (AvgIpc) is 2.34. The van der Waals surface area contributed by atoms with Crippen molar-refractivity contribution in [3.05, 3.63) is 0 Å². The van der Waals surface area contributed by atoms with Crippen molar-refractivity contribution in [3.8, 4) is 11.8 Å². The van der Waals surface area contributed by atoms with Crippen LogP contribution in [0.1, 0.15) is 26.2 Å².